The molecule has 0 spiro atoms. The third-order valence-electron chi connectivity index (χ3n) is 1.21. The summed E-state index contributed by atoms with van der Waals surface area (Å²) in [6, 6.07) is 4.56. The molecule has 0 amide bonds. The lowest BCUT2D eigenvalue weighted by molar-refractivity contribution is 0.631. The van der Waals surface area contributed by atoms with Crippen LogP contribution >= 0.6 is 11.6 Å². The third kappa shape index (κ3) is 4.13. The summed E-state index contributed by atoms with van der Waals surface area (Å²) in [5, 5.41) is 3.06. The van der Waals surface area contributed by atoms with E-state index >= 15 is 0 Å². The van der Waals surface area contributed by atoms with Gasteiger partial charge < -0.3 is 5.32 Å². The van der Waals surface area contributed by atoms with Gasteiger partial charge in [0, 0.05) is 7.05 Å². The van der Waals surface area contributed by atoms with E-state index in [1.54, 1.807) is 19.2 Å². The molecule has 0 fully saturated rings. The first-order valence-electron chi connectivity index (χ1n) is 4.29. The van der Waals surface area contributed by atoms with E-state index in [4.69, 9.17) is 11.6 Å². The van der Waals surface area contributed by atoms with Gasteiger partial charge in [0.2, 0.25) is 0 Å². The Kier molecular flexibility index (Phi) is 6.33. The highest BCUT2D eigenvalue weighted by Crippen LogP contribution is 2.23. The summed E-state index contributed by atoms with van der Waals surface area (Å²) < 4.78 is 12.7. The molecule has 1 N–H and O–H groups in total. The summed E-state index contributed by atoms with van der Waals surface area (Å²) in [7, 11) is 1.63. The number of halogens is 2. The van der Waals surface area contributed by atoms with Crippen molar-refractivity contribution in [3.63, 3.8) is 0 Å². The van der Waals surface area contributed by atoms with Gasteiger partial charge in [-0.15, -0.1) is 0 Å². The molecule has 0 radical (unpaired) electrons. The van der Waals surface area contributed by atoms with Gasteiger partial charge in [-0.05, 0) is 12.1 Å². The fraction of sp³-hybridized carbons (Fsp3) is 0.400. The Labute approximate surface area is 83.9 Å². The van der Waals surface area contributed by atoms with Crippen molar-refractivity contribution in [1.29, 1.82) is 0 Å². The zero-order valence-electron chi connectivity index (χ0n) is 8.20. The number of rotatable bonds is 1. The van der Waals surface area contributed by atoms with E-state index in [9.17, 15) is 4.39 Å². The smallest absolute Gasteiger partial charge is 0.147 e. The fourth-order valence-electron chi connectivity index (χ4n) is 0.737. The van der Waals surface area contributed by atoms with Gasteiger partial charge in [-0.1, -0.05) is 37.9 Å². The van der Waals surface area contributed by atoms with Crippen molar-refractivity contribution in [3.8, 4) is 0 Å². The number of hydrogen-bond acceptors (Lipinski definition) is 1. The molecule has 0 aliphatic rings. The van der Waals surface area contributed by atoms with Crippen molar-refractivity contribution in [2.24, 2.45) is 0 Å². The molecule has 0 aliphatic carbocycles. The van der Waals surface area contributed by atoms with E-state index in [0.29, 0.717) is 10.7 Å². The first-order valence-corrected chi connectivity index (χ1v) is 4.66. The predicted octanol–water partition coefficient (Wildman–Crippen LogP) is 3.94. The van der Waals surface area contributed by atoms with Crippen LogP contribution in [0.15, 0.2) is 18.2 Å². The average Bonchev–Trinajstić information content (AvgIpc) is 2.06. The highest BCUT2D eigenvalue weighted by atomic mass is 35.5. The van der Waals surface area contributed by atoms with Gasteiger partial charge in [0.05, 0.1) is 10.7 Å². The van der Waals surface area contributed by atoms with Crippen LogP contribution in [0.3, 0.4) is 0 Å². The van der Waals surface area contributed by atoms with Crippen LogP contribution in [0.1, 0.15) is 20.3 Å². The molecule has 1 aromatic carbocycles. The molecular formula is C10H15ClFN. The fourth-order valence-corrected chi connectivity index (χ4v) is 0.994. The summed E-state index contributed by atoms with van der Waals surface area (Å²) in [6.07, 6.45) is 1.25. The van der Waals surface area contributed by atoms with E-state index in [2.05, 4.69) is 19.2 Å². The van der Waals surface area contributed by atoms with Gasteiger partial charge in [-0.25, -0.2) is 4.39 Å². The number of para-hydroxylation sites is 1. The molecule has 0 saturated heterocycles. The minimum Gasteiger partial charge on any atom is -0.385 e. The number of benzene rings is 1. The number of nitrogens with one attached hydrogen (secondary N) is 1. The van der Waals surface area contributed by atoms with Crippen molar-refractivity contribution in [1.82, 2.24) is 0 Å². The second-order valence-electron chi connectivity index (χ2n) is 2.55. The Morgan fingerprint density at radius 2 is 1.92 bits per heavy atom. The van der Waals surface area contributed by atoms with Gasteiger partial charge in [0.25, 0.3) is 0 Å². The Bertz CT molecular complexity index is 230. The Morgan fingerprint density at radius 3 is 2.23 bits per heavy atom. The standard InChI is InChI=1S/C7H7ClFN.C3H8/c1-10-7-5(8)3-2-4-6(7)9;1-3-2/h2-4,10H,1H3;3H2,1-2H3. The summed E-state index contributed by atoms with van der Waals surface area (Å²) >= 11 is 5.63. The molecule has 1 nitrogen and oxygen atoms in total. The summed E-state index contributed by atoms with van der Waals surface area (Å²) in [5.74, 6) is -0.324. The lowest BCUT2D eigenvalue weighted by Gasteiger charge is -2.02. The van der Waals surface area contributed by atoms with E-state index in [1.807, 2.05) is 0 Å². The predicted molar refractivity (Wildman–Crippen MR) is 56.9 cm³/mol. The van der Waals surface area contributed by atoms with Crippen LogP contribution in [0.25, 0.3) is 0 Å². The topological polar surface area (TPSA) is 12.0 Å². The number of anilines is 1. The van der Waals surface area contributed by atoms with Gasteiger partial charge in [-0.2, -0.15) is 0 Å². The van der Waals surface area contributed by atoms with E-state index in [0.717, 1.165) is 0 Å². The average molecular weight is 204 g/mol. The van der Waals surface area contributed by atoms with Gasteiger partial charge in [-0.3, -0.25) is 0 Å². The van der Waals surface area contributed by atoms with E-state index < -0.39 is 0 Å². The summed E-state index contributed by atoms with van der Waals surface area (Å²) in [5.41, 5.74) is 0.351. The maximum Gasteiger partial charge on any atom is 0.147 e. The first-order chi connectivity index (χ1) is 6.17. The SMILES string of the molecule is CCC.CNc1c(F)cccc1Cl. The molecule has 0 aromatic heterocycles. The molecule has 0 atom stereocenters. The van der Waals surface area contributed by atoms with Crippen LogP contribution in [0, 0.1) is 5.82 Å². The van der Waals surface area contributed by atoms with Crippen molar-refractivity contribution in [2.45, 2.75) is 20.3 Å². The van der Waals surface area contributed by atoms with Crippen LogP contribution in [0.2, 0.25) is 5.02 Å². The zero-order valence-corrected chi connectivity index (χ0v) is 8.95. The second kappa shape index (κ2) is 6.72. The molecule has 13 heavy (non-hydrogen) atoms. The largest absolute Gasteiger partial charge is 0.385 e. The lowest BCUT2D eigenvalue weighted by atomic mass is 10.3. The summed E-state index contributed by atoms with van der Waals surface area (Å²) in [4.78, 5) is 0. The zero-order chi connectivity index (χ0) is 10.3. The van der Waals surface area contributed by atoms with Crippen LogP contribution in [-0.4, -0.2) is 7.05 Å². The molecule has 0 aliphatic heterocycles. The molecule has 0 saturated carbocycles. The highest BCUT2D eigenvalue weighted by molar-refractivity contribution is 6.33. The molecule has 0 unspecified atom stereocenters. The maximum absolute atomic E-state index is 12.7. The second-order valence-corrected chi connectivity index (χ2v) is 2.96. The van der Waals surface area contributed by atoms with Gasteiger partial charge in [0.15, 0.2) is 0 Å². The molecule has 3 heteroatoms. The van der Waals surface area contributed by atoms with Crippen LogP contribution < -0.4 is 5.32 Å². The van der Waals surface area contributed by atoms with Crippen molar-refractivity contribution in [2.75, 3.05) is 12.4 Å². The van der Waals surface area contributed by atoms with Crippen molar-refractivity contribution in [3.05, 3.63) is 29.0 Å². The molecule has 0 bridgehead atoms. The van der Waals surface area contributed by atoms with Crippen molar-refractivity contribution >= 4 is 17.3 Å². The van der Waals surface area contributed by atoms with Crippen LogP contribution in [-0.2, 0) is 0 Å². The highest BCUT2D eigenvalue weighted by Gasteiger charge is 2.01. The van der Waals surface area contributed by atoms with E-state index in [-0.39, 0.29) is 5.82 Å². The summed E-state index contributed by atoms with van der Waals surface area (Å²) in [6.45, 7) is 4.25. The van der Waals surface area contributed by atoms with Gasteiger partial charge >= 0.3 is 0 Å². The minimum atomic E-state index is -0.324. The van der Waals surface area contributed by atoms with Crippen LogP contribution in [0.5, 0.6) is 0 Å². The van der Waals surface area contributed by atoms with Crippen molar-refractivity contribution < 1.29 is 4.39 Å². The van der Waals surface area contributed by atoms with Crippen LogP contribution in [0.4, 0.5) is 10.1 Å². The monoisotopic (exact) mass is 203 g/mol. The normalized spacial score (nSPS) is 8.69. The molecule has 74 valence electrons. The maximum atomic E-state index is 12.7. The Morgan fingerprint density at radius 1 is 1.38 bits per heavy atom. The molecule has 1 aromatic rings. The van der Waals surface area contributed by atoms with E-state index in [1.165, 1.54) is 12.5 Å². The Hall–Kier alpha value is -0.760. The quantitative estimate of drug-likeness (QED) is 0.729. The molecule has 0 heterocycles. The third-order valence-corrected chi connectivity index (χ3v) is 1.53. The minimum absolute atomic E-state index is 0.324. The lowest BCUT2D eigenvalue weighted by Crippen LogP contribution is -1.92. The Balaban J connectivity index is 0.000000424. The first kappa shape index (κ1) is 12.2. The number of hydrogen-bond donors (Lipinski definition) is 1. The van der Waals surface area contributed by atoms with Gasteiger partial charge in [0.1, 0.15) is 5.82 Å². The molecule has 1 rings (SSSR count). The molecular weight excluding hydrogens is 189 g/mol.